The largest absolute Gasteiger partial charge is 0.495 e. The van der Waals surface area contributed by atoms with Crippen molar-refractivity contribution in [1.29, 1.82) is 0 Å². The SMILES string of the molecule is COc1ccc(NC(=O)c2cc(OCc3ccccc3)ncn2)cc1Cl. The number of anilines is 1. The first-order valence-electron chi connectivity index (χ1n) is 7.79. The highest BCUT2D eigenvalue weighted by atomic mass is 35.5. The minimum atomic E-state index is -0.391. The van der Waals surface area contributed by atoms with Crippen LogP contribution in [0, 0.1) is 0 Å². The Morgan fingerprint density at radius 3 is 2.65 bits per heavy atom. The number of aromatic nitrogens is 2. The number of amides is 1. The number of hydrogen-bond donors (Lipinski definition) is 1. The number of nitrogens with one attached hydrogen (secondary N) is 1. The highest BCUT2D eigenvalue weighted by Crippen LogP contribution is 2.27. The van der Waals surface area contributed by atoms with Crippen LogP contribution in [0.15, 0.2) is 60.9 Å². The number of carbonyl (C=O) groups is 1. The summed E-state index contributed by atoms with van der Waals surface area (Å²) < 4.78 is 10.7. The number of ether oxygens (including phenoxy) is 2. The number of methoxy groups -OCH3 is 1. The molecule has 3 aromatic rings. The molecule has 26 heavy (non-hydrogen) atoms. The molecule has 0 saturated heterocycles. The minimum Gasteiger partial charge on any atom is -0.495 e. The Morgan fingerprint density at radius 2 is 1.92 bits per heavy atom. The molecule has 7 heteroatoms. The summed E-state index contributed by atoms with van der Waals surface area (Å²) >= 11 is 6.06. The molecule has 6 nitrogen and oxygen atoms in total. The topological polar surface area (TPSA) is 73.3 Å². The van der Waals surface area contributed by atoms with E-state index in [-0.39, 0.29) is 5.69 Å². The van der Waals surface area contributed by atoms with Gasteiger partial charge in [0.15, 0.2) is 0 Å². The van der Waals surface area contributed by atoms with E-state index < -0.39 is 5.91 Å². The third-order valence-corrected chi connectivity index (χ3v) is 3.81. The van der Waals surface area contributed by atoms with Crippen molar-refractivity contribution in [3.05, 3.63) is 77.2 Å². The number of halogens is 1. The summed E-state index contributed by atoms with van der Waals surface area (Å²) in [4.78, 5) is 20.4. The normalized spacial score (nSPS) is 10.2. The van der Waals surface area contributed by atoms with Crippen molar-refractivity contribution in [2.24, 2.45) is 0 Å². The lowest BCUT2D eigenvalue weighted by Crippen LogP contribution is -2.14. The average Bonchev–Trinajstić information content (AvgIpc) is 2.67. The van der Waals surface area contributed by atoms with Gasteiger partial charge in [0.05, 0.1) is 12.1 Å². The Labute approximate surface area is 155 Å². The van der Waals surface area contributed by atoms with Crippen LogP contribution in [0.3, 0.4) is 0 Å². The molecule has 1 aromatic heterocycles. The summed E-state index contributed by atoms with van der Waals surface area (Å²) in [6, 6.07) is 16.1. The number of nitrogens with zero attached hydrogens (tertiary/aromatic N) is 2. The molecule has 0 radical (unpaired) electrons. The van der Waals surface area contributed by atoms with Gasteiger partial charge in [-0.3, -0.25) is 4.79 Å². The molecule has 0 aliphatic heterocycles. The lowest BCUT2D eigenvalue weighted by atomic mass is 10.2. The number of benzene rings is 2. The van der Waals surface area contributed by atoms with Gasteiger partial charge in [0.25, 0.3) is 5.91 Å². The van der Waals surface area contributed by atoms with E-state index in [0.717, 1.165) is 5.56 Å². The van der Waals surface area contributed by atoms with E-state index in [2.05, 4.69) is 15.3 Å². The first-order valence-corrected chi connectivity index (χ1v) is 8.17. The molecule has 0 aliphatic carbocycles. The zero-order chi connectivity index (χ0) is 18.4. The Bertz CT molecular complexity index is 904. The van der Waals surface area contributed by atoms with Gasteiger partial charge in [-0.05, 0) is 23.8 Å². The van der Waals surface area contributed by atoms with Gasteiger partial charge in [0.2, 0.25) is 5.88 Å². The van der Waals surface area contributed by atoms with E-state index in [1.807, 2.05) is 30.3 Å². The molecule has 132 valence electrons. The van der Waals surface area contributed by atoms with Gasteiger partial charge in [-0.2, -0.15) is 0 Å². The maximum absolute atomic E-state index is 12.4. The van der Waals surface area contributed by atoms with Crippen molar-refractivity contribution in [3.8, 4) is 11.6 Å². The number of hydrogen-bond acceptors (Lipinski definition) is 5. The minimum absolute atomic E-state index is 0.190. The molecule has 1 N–H and O–H groups in total. The molecule has 0 spiro atoms. The lowest BCUT2D eigenvalue weighted by Gasteiger charge is -2.09. The molecule has 0 saturated carbocycles. The third-order valence-electron chi connectivity index (χ3n) is 3.51. The van der Waals surface area contributed by atoms with Crippen molar-refractivity contribution in [1.82, 2.24) is 9.97 Å². The van der Waals surface area contributed by atoms with Gasteiger partial charge in [0.1, 0.15) is 24.4 Å². The zero-order valence-electron chi connectivity index (χ0n) is 14.0. The summed E-state index contributed by atoms with van der Waals surface area (Å²) in [6.07, 6.45) is 1.29. The summed E-state index contributed by atoms with van der Waals surface area (Å²) in [5.41, 5.74) is 1.73. The van der Waals surface area contributed by atoms with Crippen LogP contribution < -0.4 is 14.8 Å². The van der Waals surface area contributed by atoms with Crippen molar-refractivity contribution in [2.75, 3.05) is 12.4 Å². The van der Waals surface area contributed by atoms with E-state index in [1.54, 1.807) is 18.2 Å². The molecule has 0 bridgehead atoms. The van der Waals surface area contributed by atoms with Crippen molar-refractivity contribution in [2.45, 2.75) is 6.61 Å². The van der Waals surface area contributed by atoms with Crippen LogP contribution in [0.4, 0.5) is 5.69 Å². The average molecular weight is 370 g/mol. The maximum Gasteiger partial charge on any atom is 0.274 e. The standard InChI is InChI=1S/C19H16ClN3O3/c1-25-17-8-7-14(9-15(17)20)23-19(24)16-10-18(22-12-21-16)26-11-13-5-3-2-4-6-13/h2-10,12H,11H2,1H3,(H,23,24). The second-order valence-corrected chi connectivity index (χ2v) is 5.73. The fourth-order valence-corrected chi connectivity index (χ4v) is 2.47. The van der Waals surface area contributed by atoms with Crippen LogP contribution in [0.2, 0.25) is 5.02 Å². The molecule has 1 amide bonds. The van der Waals surface area contributed by atoms with Gasteiger partial charge in [-0.15, -0.1) is 0 Å². The predicted molar refractivity (Wildman–Crippen MR) is 98.8 cm³/mol. The van der Waals surface area contributed by atoms with Crippen molar-refractivity contribution < 1.29 is 14.3 Å². The zero-order valence-corrected chi connectivity index (χ0v) is 14.7. The molecular formula is C19H16ClN3O3. The van der Waals surface area contributed by atoms with E-state index in [9.17, 15) is 4.79 Å². The third kappa shape index (κ3) is 4.49. The predicted octanol–water partition coefficient (Wildman–Crippen LogP) is 3.97. The molecular weight excluding hydrogens is 354 g/mol. The van der Waals surface area contributed by atoms with Crippen LogP contribution in [0.5, 0.6) is 11.6 Å². The lowest BCUT2D eigenvalue weighted by molar-refractivity contribution is 0.102. The highest BCUT2D eigenvalue weighted by molar-refractivity contribution is 6.32. The Kier molecular flexibility index (Phi) is 5.66. The van der Waals surface area contributed by atoms with E-state index >= 15 is 0 Å². The molecule has 0 aliphatic rings. The quantitative estimate of drug-likeness (QED) is 0.711. The first-order chi connectivity index (χ1) is 12.7. The second-order valence-electron chi connectivity index (χ2n) is 5.32. The van der Waals surface area contributed by atoms with Gasteiger partial charge >= 0.3 is 0 Å². The van der Waals surface area contributed by atoms with Crippen LogP contribution in [0.25, 0.3) is 0 Å². The Hall–Kier alpha value is -3.12. The van der Waals surface area contributed by atoms with E-state index in [0.29, 0.717) is 28.9 Å². The van der Waals surface area contributed by atoms with Crippen molar-refractivity contribution in [3.63, 3.8) is 0 Å². The van der Waals surface area contributed by atoms with E-state index in [1.165, 1.54) is 19.5 Å². The summed E-state index contributed by atoms with van der Waals surface area (Å²) in [5.74, 6) is 0.461. The van der Waals surface area contributed by atoms with Crippen LogP contribution in [0.1, 0.15) is 16.1 Å². The second kappa shape index (κ2) is 8.31. The molecule has 0 atom stereocenters. The molecule has 1 heterocycles. The van der Waals surface area contributed by atoms with Gasteiger partial charge in [0, 0.05) is 11.8 Å². The van der Waals surface area contributed by atoms with Crippen molar-refractivity contribution >= 4 is 23.2 Å². The smallest absolute Gasteiger partial charge is 0.274 e. The van der Waals surface area contributed by atoms with E-state index in [4.69, 9.17) is 21.1 Å². The first kappa shape index (κ1) is 17.7. The Morgan fingerprint density at radius 1 is 1.12 bits per heavy atom. The summed E-state index contributed by atoms with van der Waals surface area (Å²) in [6.45, 7) is 0.354. The summed E-state index contributed by atoms with van der Waals surface area (Å²) in [5, 5.41) is 3.13. The van der Waals surface area contributed by atoms with Crippen LogP contribution in [-0.4, -0.2) is 23.0 Å². The molecule has 2 aromatic carbocycles. The van der Waals surface area contributed by atoms with Gasteiger partial charge in [-0.1, -0.05) is 41.9 Å². The Balaban J connectivity index is 1.67. The maximum atomic E-state index is 12.4. The molecule has 0 fully saturated rings. The fourth-order valence-electron chi connectivity index (χ4n) is 2.21. The number of carbonyl (C=O) groups excluding carboxylic acids is 1. The van der Waals surface area contributed by atoms with Crippen LogP contribution in [-0.2, 0) is 6.61 Å². The molecule has 3 rings (SSSR count). The fraction of sp³-hybridized carbons (Fsp3) is 0.105. The number of rotatable bonds is 6. The monoisotopic (exact) mass is 369 g/mol. The summed E-state index contributed by atoms with van der Waals surface area (Å²) in [7, 11) is 1.53. The van der Waals surface area contributed by atoms with Crippen LogP contribution >= 0.6 is 11.6 Å². The highest BCUT2D eigenvalue weighted by Gasteiger charge is 2.11. The van der Waals surface area contributed by atoms with Gasteiger partial charge in [-0.25, -0.2) is 9.97 Å². The van der Waals surface area contributed by atoms with Gasteiger partial charge < -0.3 is 14.8 Å². The molecule has 0 unspecified atom stereocenters.